The molecule has 0 radical (unpaired) electrons. The number of nitrogens with zero attached hydrogens (tertiary/aromatic N) is 1. The van der Waals surface area contributed by atoms with Crippen LogP contribution in [0.2, 0.25) is 0 Å². The number of aromatic amines is 1. The van der Waals surface area contributed by atoms with Gasteiger partial charge >= 0.3 is 25.5 Å². The van der Waals surface area contributed by atoms with E-state index in [2.05, 4.69) is 18.8 Å². The standard InChI is InChI=1S/C45H79N2O11P/c1-4-6-8-10-12-14-16-18-20-22-24-26-28-30-42(48)54-35-40(58-43(49)31-29-27-25-23-21-19-17-15-13-11-9-7-5-2)37-56-59(52,53)55-36-39-32-33-41(57-39)47-34-38(3)44(50)46-45(47)51/h32-34,39-41H,4-31,35-37H2,1-3H3,(H,52,53)(H,46,50,51)/t39-,40-,41+/m0/s1. The number of carbonyl (C=O) groups excluding carboxylic acids is 2. The molecule has 0 aromatic carbocycles. The van der Waals surface area contributed by atoms with E-state index < -0.39 is 56.1 Å². The molecular formula is C45H79N2O11P. The second-order valence-electron chi connectivity index (χ2n) is 16.3. The summed E-state index contributed by atoms with van der Waals surface area (Å²) in [7, 11) is -4.66. The van der Waals surface area contributed by atoms with E-state index in [-0.39, 0.29) is 26.1 Å². The molecule has 2 rings (SSSR count). The van der Waals surface area contributed by atoms with Crippen LogP contribution in [-0.2, 0) is 37.4 Å². The number of hydrogen-bond donors (Lipinski definition) is 2. The zero-order chi connectivity index (χ0) is 43.0. The van der Waals surface area contributed by atoms with E-state index in [9.17, 15) is 28.6 Å². The first-order chi connectivity index (χ1) is 28.5. The molecule has 0 saturated carbocycles. The summed E-state index contributed by atoms with van der Waals surface area (Å²) in [6, 6.07) is 0. The van der Waals surface area contributed by atoms with Crippen LogP contribution in [-0.4, -0.2) is 58.4 Å². The van der Waals surface area contributed by atoms with Crippen molar-refractivity contribution < 1.29 is 42.3 Å². The number of phosphoric acid groups is 1. The number of hydrogen-bond acceptors (Lipinski definition) is 10. The molecule has 1 aromatic heterocycles. The lowest BCUT2D eigenvalue weighted by molar-refractivity contribution is -0.161. The van der Waals surface area contributed by atoms with Crippen LogP contribution >= 0.6 is 7.82 Å². The molecule has 1 aliphatic rings. The third-order valence-corrected chi connectivity index (χ3v) is 11.7. The first-order valence-corrected chi connectivity index (χ1v) is 24.7. The highest BCUT2D eigenvalue weighted by Gasteiger charge is 2.29. The van der Waals surface area contributed by atoms with Crippen LogP contribution in [0.4, 0.5) is 0 Å². The van der Waals surface area contributed by atoms with E-state index in [0.29, 0.717) is 18.4 Å². The van der Waals surface area contributed by atoms with Crippen LogP contribution in [0.3, 0.4) is 0 Å². The second kappa shape index (κ2) is 33.1. The van der Waals surface area contributed by atoms with Gasteiger partial charge in [-0.25, -0.2) is 9.36 Å². The lowest BCUT2D eigenvalue weighted by atomic mass is 10.0. The van der Waals surface area contributed by atoms with Gasteiger partial charge in [0, 0.05) is 24.6 Å². The van der Waals surface area contributed by atoms with Gasteiger partial charge in [0.2, 0.25) is 0 Å². The molecule has 0 aliphatic carbocycles. The molecule has 0 bridgehead atoms. The number of aryl methyl sites for hydroxylation is 1. The Bertz CT molecular complexity index is 1460. The first kappa shape index (κ1) is 52.6. The van der Waals surface area contributed by atoms with Crippen LogP contribution in [0.25, 0.3) is 0 Å². The van der Waals surface area contributed by atoms with Crippen LogP contribution in [0, 0.1) is 6.92 Å². The van der Waals surface area contributed by atoms with Gasteiger partial charge in [0.1, 0.15) is 12.7 Å². The zero-order valence-electron chi connectivity index (χ0n) is 36.8. The molecule has 2 N–H and O–H groups in total. The smallest absolute Gasteiger partial charge is 0.462 e. The van der Waals surface area contributed by atoms with Crippen molar-refractivity contribution in [2.75, 3.05) is 19.8 Å². The highest BCUT2D eigenvalue weighted by molar-refractivity contribution is 7.47. The average molecular weight is 855 g/mol. The Morgan fingerprint density at radius 2 is 1.15 bits per heavy atom. The molecule has 0 fully saturated rings. The van der Waals surface area contributed by atoms with E-state index in [4.69, 9.17) is 23.3 Å². The minimum absolute atomic E-state index is 0.179. The minimum Gasteiger partial charge on any atom is -0.462 e. The number of aromatic nitrogens is 2. The molecule has 1 aromatic rings. The Hall–Kier alpha value is -2.57. The number of phosphoric ester groups is 1. The van der Waals surface area contributed by atoms with E-state index in [1.54, 1.807) is 19.1 Å². The largest absolute Gasteiger partial charge is 0.472 e. The topological polar surface area (TPSA) is 172 Å². The maximum atomic E-state index is 12.8. The van der Waals surface area contributed by atoms with Gasteiger partial charge in [-0.2, -0.15) is 0 Å². The molecule has 14 heteroatoms. The number of ether oxygens (including phenoxy) is 3. The van der Waals surface area contributed by atoms with Gasteiger partial charge in [-0.15, -0.1) is 0 Å². The Morgan fingerprint density at radius 1 is 0.695 bits per heavy atom. The van der Waals surface area contributed by atoms with Crippen molar-refractivity contribution in [1.29, 1.82) is 0 Å². The summed E-state index contributed by atoms with van der Waals surface area (Å²) in [6.45, 7) is 4.81. The Morgan fingerprint density at radius 3 is 1.64 bits per heavy atom. The molecule has 340 valence electrons. The Balaban J connectivity index is 1.73. The fraction of sp³-hybridized carbons (Fsp3) is 0.822. The van der Waals surface area contributed by atoms with Crippen molar-refractivity contribution in [3.63, 3.8) is 0 Å². The van der Waals surface area contributed by atoms with Crippen molar-refractivity contribution >= 4 is 19.8 Å². The lowest BCUT2D eigenvalue weighted by Crippen LogP contribution is -2.33. The van der Waals surface area contributed by atoms with Gasteiger partial charge in [0.05, 0.1) is 13.2 Å². The SMILES string of the molecule is CCCCCCCCCCCCCCCC(=O)OC[C@@H](COP(=O)(O)OC[C@@H]1C=C[C@H](n2cc(C)c(=O)[nH]c2=O)O1)OC(=O)CCCCCCCCCCCCCCC. The quantitative estimate of drug-likeness (QED) is 0.0280. The normalized spacial score (nSPS) is 16.6. The van der Waals surface area contributed by atoms with Crippen LogP contribution in [0.15, 0.2) is 27.9 Å². The molecule has 13 nitrogen and oxygen atoms in total. The molecular weight excluding hydrogens is 775 g/mol. The average Bonchev–Trinajstić information content (AvgIpc) is 3.69. The van der Waals surface area contributed by atoms with E-state index in [1.807, 2.05) is 0 Å². The van der Waals surface area contributed by atoms with Crippen molar-refractivity contribution in [3.05, 3.63) is 44.8 Å². The first-order valence-electron chi connectivity index (χ1n) is 23.2. The molecule has 2 heterocycles. The maximum absolute atomic E-state index is 12.8. The fourth-order valence-electron chi connectivity index (χ4n) is 7.09. The van der Waals surface area contributed by atoms with Crippen LogP contribution < -0.4 is 11.2 Å². The number of esters is 2. The number of unbranched alkanes of at least 4 members (excludes halogenated alkanes) is 24. The van der Waals surface area contributed by atoms with Gasteiger partial charge in [-0.1, -0.05) is 174 Å². The van der Waals surface area contributed by atoms with E-state index >= 15 is 0 Å². The maximum Gasteiger partial charge on any atom is 0.472 e. The predicted molar refractivity (Wildman–Crippen MR) is 232 cm³/mol. The van der Waals surface area contributed by atoms with Crippen LogP contribution in [0.1, 0.15) is 205 Å². The summed E-state index contributed by atoms with van der Waals surface area (Å²) >= 11 is 0. The van der Waals surface area contributed by atoms with E-state index in [0.717, 1.165) is 38.5 Å². The molecule has 1 unspecified atom stereocenters. The van der Waals surface area contributed by atoms with Crippen LogP contribution in [0.5, 0.6) is 0 Å². The van der Waals surface area contributed by atoms with Gasteiger partial charge in [-0.05, 0) is 25.8 Å². The second-order valence-corrected chi connectivity index (χ2v) is 17.7. The summed E-state index contributed by atoms with van der Waals surface area (Å²) in [6.07, 6.45) is 33.1. The molecule has 0 amide bonds. The summed E-state index contributed by atoms with van der Waals surface area (Å²) in [5.41, 5.74) is -0.841. The van der Waals surface area contributed by atoms with Gasteiger partial charge < -0.3 is 19.1 Å². The molecule has 0 saturated heterocycles. The number of carbonyl (C=O) groups is 2. The monoisotopic (exact) mass is 855 g/mol. The van der Waals surface area contributed by atoms with Crippen molar-refractivity contribution in [2.45, 2.75) is 219 Å². The number of H-pyrrole nitrogens is 1. The molecule has 1 aliphatic heterocycles. The van der Waals surface area contributed by atoms with Gasteiger partial charge in [0.25, 0.3) is 5.56 Å². The summed E-state index contributed by atoms with van der Waals surface area (Å²) in [5, 5.41) is 0. The Kier molecular flexibility index (Phi) is 29.5. The molecule has 4 atom stereocenters. The third-order valence-electron chi connectivity index (χ3n) is 10.7. The van der Waals surface area contributed by atoms with Crippen molar-refractivity contribution in [3.8, 4) is 0 Å². The molecule has 0 spiro atoms. The lowest BCUT2D eigenvalue weighted by Gasteiger charge is -2.21. The van der Waals surface area contributed by atoms with Crippen molar-refractivity contribution in [2.24, 2.45) is 0 Å². The third kappa shape index (κ3) is 26.4. The number of rotatable bonds is 38. The van der Waals surface area contributed by atoms with E-state index in [1.165, 1.54) is 126 Å². The minimum atomic E-state index is -4.66. The van der Waals surface area contributed by atoms with Gasteiger partial charge in [-0.3, -0.25) is 33.0 Å². The summed E-state index contributed by atoms with van der Waals surface area (Å²) in [4.78, 5) is 62.0. The zero-order valence-corrected chi connectivity index (χ0v) is 37.7. The predicted octanol–water partition coefficient (Wildman–Crippen LogP) is 10.8. The fourth-order valence-corrected chi connectivity index (χ4v) is 7.86. The highest BCUT2D eigenvalue weighted by Crippen LogP contribution is 2.44. The highest BCUT2D eigenvalue weighted by atomic mass is 31.2. The number of nitrogens with one attached hydrogen (secondary N) is 1. The van der Waals surface area contributed by atoms with Crippen molar-refractivity contribution in [1.82, 2.24) is 9.55 Å². The summed E-state index contributed by atoms with van der Waals surface area (Å²) in [5.74, 6) is -0.920. The van der Waals surface area contributed by atoms with Gasteiger partial charge in [0.15, 0.2) is 12.3 Å². The Labute approximate surface area is 354 Å². The molecule has 59 heavy (non-hydrogen) atoms. The summed E-state index contributed by atoms with van der Waals surface area (Å²) < 4.78 is 41.1.